The van der Waals surface area contributed by atoms with Gasteiger partial charge >= 0.3 is 0 Å². The van der Waals surface area contributed by atoms with Crippen molar-refractivity contribution in [1.82, 2.24) is 0 Å². The fraction of sp³-hybridized carbons (Fsp3) is 0.875. The summed E-state index contributed by atoms with van der Waals surface area (Å²) >= 11 is 0. The molecule has 2 fully saturated rings. The lowest BCUT2D eigenvalue weighted by Gasteiger charge is -2.42. The van der Waals surface area contributed by atoms with Gasteiger partial charge in [0, 0.05) is 12.3 Å². The molecule has 0 spiro atoms. The molecule has 114 valence electrons. The summed E-state index contributed by atoms with van der Waals surface area (Å²) in [6.45, 7) is 0.962. The second-order valence-electron chi connectivity index (χ2n) is 6.38. The maximum absolute atomic E-state index is 10.2. The van der Waals surface area contributed by atoms with E-state index in [1.165, 1.54) is 19.3 Å². The van der Waals surface area contributed by atoms with Crippen LogP contribution in [0.4, 0.5) is 0 Å². The van der Waals surface area contributed by atoms with Gasteiger partial charge in [0.25, 0.3) is 0 Å². The van der Waals surface area contributed by atoms with Crippen LogP contribution in [0.15, 0.2) is 11.8 Å². The van der Waals surface area contributed by atoms with Gasteiger partial charge in [-0.15, -0.1) is 0 Å². The Hall–Kier alpha value is -0.580. The summed E-state index contributed by atoms with van der Waals surface area (Å²) in [4.78, 5) is 0. The molecule has 0 aromatic carbocycles. The first-order valence-corrected chi connectivity index (χ1v) is 7.90. The Morgan fingerprint density at radius 1 is 1.20 bits per heavy atom. The SMILES string of the molecule is COC1=CCCC(C2CCCC3C(O)OCOCC23)C1. The number of aliphatic hydroxyl groups excluding tert-OH is 1. The van der Waals surface area contributed by atoms with Gasteiger partial charge < -0.3 is 19.3 Å². The normalized spacial score (nSPS) is 42.3. The molecular formula is C16H26O4. The van der Waals surface area contributed by atoms with Gasteiger partial charge in [0.15, 0.2) is 6.29 Å². The van der Waals surface area contributed by atoms with Crippen LogP contribution in [0, 0.1) is 23.7 Å². The van der Waals surface area contributed by atoms with E-state index in [2.05, 4.69) is 6.08 Å². The molecule has 1 heterocycles. The van der Waals surface area contributed by atoms with Gasteiger partial charge in [-0.3, -0.25) is 0 Å². The molecule has 3 aliphatic rings. The van der Waals surface area contributed by atoms with Crippen LogP contribution in [0.25, 0.3) is 0 Å². The van der Waals surface area contributed by atoms with E-state index < -0.39 is 6.29 Å². The number of ether oxygens (including phenoxy) is 3. The van der Waals surface area contributed by atoms with Crippen molar-refractivity contribution in [2.75, 3.05) is 20.5 Å². The van der Waals surface area contributed by atoms with Gasteiger partial charge in [0.05, 0.1) is 19.5 Å². The van der Waals surface area contributed by atoms with Gasteiger partial charge in [-0.1, -0.05) is 6.42 Å². The standard InChI is InChI=1S/C16H26O4/c1-18-12-5-2-4-11(8-12)13-6-3-7-14-15(13)9-19-10-20-16(14)17/h5,11,13-17H,2-4,6-10H2,1H3. The van der Waals surface area contributed by atoms with Crippen molar-refractivity contribution in [3.8, 4) is 0 Å². The molecule has 0 amide bonds. The van der Waals surface area contributed by atoms with E-state index in [-0.39, 0.29) is 12.7 Å². The number of hydrogen-bond donors (Lipinski definition) is 1. The van der Waals surface area contributed by atoms with E-state index in [1.54, 1.807) is 7.11 Å². The molecule has 1 N–H and O–H groups in total. The molecule has 1 saturated carbocycles. The Kier molecular flexibility index (Phi) is 4.64. The Morgan fingerprint density at radius 2 is 2.05 bits per heavy atom. The molecule has 1 saturated heterocycles. The van der Waals surface area contributed by atoms with Crippen LogP contribution in [-0.2, 0) is 14.2 Å². The summed E-state index contributed by atoms with van der Waals surface area (Å²) < 4.78 is 16.4. The van der Waals surface area contributed by atoms with E-state index in [1.807, 2.05) is 0 Å². The molecule has 1 aliphatic heterocycles. The van der Waals surface area contributed by atoms with Crippen molar-refractivity contribution in [2.24, 2.45) is 23.7 Å². The maximum atomic E-state index is 10.2. The largest absolute Gasteiger partial charge is 0.501 e. The van der Waals surface area contributed by atoms with Gasteiger partial charge in [-0.05, 0) is 49.5 Å². The number of fused-ring (bicyclic) bond motifs is 1. The zero-order chi connectivity index (χ0) is 13.9. The minimum atomic E-state index is -0.647. The molecule has 2 aliphatic carbocycles. The third-order valence-electron chi connectivity index (χ3n) is 5.41. The van der Waals surface area contributed by atoms with Gasteiger partial charge in [-0.2, -0.15) is 0 Å². The molecule has 5 unspecified atom stereocenters. The number of hydrogen-bond acceptors (Lipinski definition) is 4. The highest BCUT2D eigenvalue weighted by atomic mass is 16.7. The van der Waals surface area contributed by atoms with Gasteiger partial charge in [0.2, 0.25) is 0 Å². The quantitative estimate of drug-likeness (QED) is 0.846. The summed E-state index contributed by atoms with van der Waals surface area (Å²) in [7, 11) is 1.77. The van der Waals surface area contributed by atoms with Crippen LogP contribution in [0.3, 0.4) is 0 Å². The highest BCUT2D eigenvalue weighted by molar-refractivity contribution is 5.02. The lowest BCUT2D eigenvalue weighted by atomic mass is 9.64. The van der Waals surface area contributed by atoms with Crippen molar-refractivity contribution in [1.29, 1.82) is 0 Å². The average molecular weight is 282 g/mol. The summed E-state index contributed by atoms with van der Waals surface area (Å²) in [6.07, 6.45) is 8.46. The molecule has 4 heteroatoms. The fourth-order valence-electron chi connectivity index (χ4n) is 4.38. The molecule has 0 radical (unpaired) electrons. The number of methoxy groups -OCH3 is 1. The van der Waals surface area contributed by atoms with Crippen LogP contribution in [-0.4, -0.2) is 31.9 Å². The number of rotatable bonds is 2. The van der Waals surface area contributed by atoms with E-state index in [4.69, 9.17) is 14.2 Å². The molecular weight excluding hydrogens is 256 g/mol. The number of allylic oxidation sites excluding steroid dienone is 2. The summed E-state index contributed by atoms with van der Waals surface area (Å²) in [5.41, 5.74) is 0. The zero-order valence-corrected chi connectivity index (χ0v) is 12.3. The van der Waals surface area contributed by atoms with Gasteiger partial charge in [0.1, 0.15) is 6.79 Å². The molecule has 0 bridgehead atoms. The lowest BCUT2D eigenvalue weighted by Crippen LogP contribution is -2.40. The van der Waals surface area contributed by atoms with Crippen molar-refractivity contribution in [2.45, 2.75) is 44.8 Å². The average Bonchev–Trinajstić information content (AvgIpc) is 2.69. The van der Waals surface area contributed by atoms with E-state index in [0.29, 0.717) is 17.8 Å². The summed E-state index contributed by atoms with van der Waals surface area (Å²) in [6, 6.07) is 0. The Labute approximate surface area is 121 Å². The summed E-state index contributed by atoms with van der Waals surface area (Å²) in [5, 5.41) is 10.2. The monoisotopic (exact) mass is 282 g/mol. The molecule has 0 aromatic rings. The Bertz CT molecular complexity index is 354. The Morgan fingerprint density at radius 3 is 2.90 bits per heavy atom. The van der Waals surface area contributed by atoms with E-state index in [0.717, 1.165) is 31.6 Å². The Balaban J connectivity index is 1.73. The van der Waals surface area contributed by atoms with Crippen LogP contribution in [0.5, 0.6) is 0 Å². The molecule has 5 atom stereocenters. The van der Waals surface area contributed by atoms with E-state index >= 15 is 0 Å². The second kappa shape index (κ2) is 6.46. The summed E-state index contributed by atoms with van der Waals surface area (Å²) in [5.74, 6) is 3.10. The second-order valence-corrected chi connectivity index (χ2v) is 6.38. The fourth-order valence-corrected chi connectivity index (χ4v) is 4.38. The van der Waals surface area contributed by atoms with Crippen LogP contribution < -0.4 is 0 Å². The smallest absolute Gasteiger partial charge is 0.160 e. The number of aliphatic hydroxyl groups is 1. The topological polar surface area (TPSA) is 47.9 Å². The van der Waals surface area contributed by atoms with Crippen molar-refractivity contribution >= 4 is 0 Å². The van der Waals surface area contributed by atoms with Crippen LogP contribution >= 0.6 is 0 Å². The molecule has 4 nitrogen and oxygen atoms in total. The third kappa shape index (κ3) is 2.87. The van der Waals surface area contributed by atoms with Crippen LogP contribution in [0.2, 0.25) is 0 Å². The first-order chi connectivity index (χ1) is 9.79. The van der Waals surface area contributed by atoms with E-state index in [9.17, 15) is 5.11 Å². The molecule has 0 aromatic heterocycles. The first-order valence-electron chi connectivity index (χ1n) is 7.90. The van der Waals surface area contributed by atoms with Crippen molar-refractivity contribution in [3.63, 3.8) is 0 Å². The molecule has 3 rings (SSSR count). The highest BCUT2D eigenvalue weighted by Gasteiger charge is 2.42. The predicted octanol–water partition coefficient (Wildman–Crippen LogP) is 2.67. The predicted molar refractivity (Wildman–Crippen MR) is 74.7 cm³/mol. The highest BCUT2D eigenvalue weighted by Crippen LogP contribution is 2.46. The van der Waals surface area contributed by atoms with Crippen molar-refractivity contribution < 1.29 is 19.3 Å². The first kappa shape index (κ1) is 14.4. The maximum Gasteiger partial charge on any atom is 0.160 e. The van der Waals surface area contributed by atoms with Crippen LogP contribution in [0.1, 0.15) is 38.5 Å². The third-order valence-corrected chi connectivity index (χ3v) is 5.41. The molecule has 20 heavy (non-hydrogen) atoms. The minimum absolute atomic E-state index is 0.231. The van der Waals surface area contributed by atoms with Crippen molar-refractivity contribution in [3.05, 3.63) is 11.8 Å². The lowest BCUT2D eigenvalue weighted by molar-refractivity contribution is -0.174. The zero-order valence-electron chi connectivity index (χ0n) is 12.3. The minimum Gasteiger partial charge on any atom is -0.501 e. The van der Waals surface area contributed by atoms with Gasteiger partial charge in [-0.25, -0.2) is 0 Å².